The van der Waals surface area contributed by atoms with E-state index in [4.69, 9.17) is 12.2 Å². The van der Waals surface area contributed by atoms with E-state index in [-0.39, 0.29) is 0 Å². The largest absolute Gasteiger partial charge is 0.358 e. The molecule has 0 fully saturated rings. The van der Waals surface area contributed by atoms with Crippen LogP contribution < -0.4 is 5.32 Å². The van der Waals surface area contributed by atoms with Gasteiger partial charge < -0.3 is 10.2 Å². The van der Waals surface area contributed by atoms with Crippen LogP contribution in [0.2, 0.25) is 0 Å². The molecular formula is C16H17N3S. The van der Waals surface area contributed by atoms with Gasteiger partial charge in [0.05, 0.1) is 0 Å². The lowest BCUT2D eigenvalue weighted by molar-refractivity contribution is 0.387. The summed E-state index contributed by atoms with van der Waals surface area (Å²) < 4.78 is 0. The van der Waals surface area contributed by atoms with E-state index in [9.17, 15) is 0 Å². The summed E-state index contributed by atoms with van der Waals surface area (Å²) in [7, 11) is 0. The number of pyridine rings is 1. The van der Waals surface area contributed by atoms with Gasteiger partial charge in [0, 0.05) is 32.0 Å². The zero-order valence-corrected chi connectivity index (χ0v) is 12.1. The van der Waals surface area contributed by atoms with Crippen LogP contribution in [-0.2, 0) is 19.5 Å². The summed E-state index contributed by atoms with van der Waals surface area (Å²) in [6.07, 6.45) is 4.70. The number of thiocarbonyl (C=S) groups is 1. The number of nitrogens with one attached hydrogen (secondary N) is 1. The molecule has 0 radical (unpaired) electrons. The van der Waals surface area contributed by atoms with Crippen molar-refractivity contribution in [3.05, 3.63) is 65.5 Å². The monoisotopic (exact) mass is 283 g/mol. The molecule has 20 heavy (non-hydrogen) atoms. The van der Waals surface area contributed by atoms with Gasteiger partial charge in [-0.15, -0.1) is 0 Å². The highest BCUT2D eigenvalue weighted by atomic mass is 32.1. The molecule has 1 aliphatic heterocycles. The van der Waals surface area contributed by atoms with Gasteiger partial charge in [-0.1, -0.05) is 30.3 Å². The molecule has 0 atom stereocenters. The molecule has 4 heteroatoms. The van der Waals surface area contributed by atoms with Crippen LogP contribution in [0.4, 0.5) is 0 Å². The van der Waals surface area contributed by atoms with Gasteiger partial charge in [-0.05, 0) is 41.4 Å². The van der Waals surface area contributed by atoms with Crippen molar-refractivity contribution in [2.45, 2.75) is 19.5 Å². The summed E-state index contributed by atoms with van der Waals surface area (Å²) in [5, 5.41) is 4.14. The van der Waals surface area contributed by atoms with Gasteiger partial charge >= 0.3 is 0 Å². The summed E-state index contributed by atoms with van der Waals surface area (Å²) in [6.45, 7) is 2.61. The lowest BCUT2D eigenvalue weighted by Gasteiger charge is -2.31. The van der Waals surface area contributed by atoms with E-state index in [1.54, 1.807) is 6.20 Å². The lowest BCUT2D eigenvalue weighted by atomic mass is 10.0. The first-order chi connectivity index (χ1) is 9.83. The Balaban J connectivity index is 1.59. The first-order valence-corrected chi connectivity index (χ1v) is 7.22. The summed E-state index contributed by atoms with van der Waals surface area (Å²) in [5.41, 5.74) is 3.97. The van der Waals surface area contributed by atoms with Gasteiger partial charge in [0.1, 0.15) is 0 Å². The van der Waals surface area contributed by atoms with E-state index in [1.807, 2.05) is 18.3 Å². The van der Waals surface area contributed by atoms with Gasteiger partial charge in [-0.25, -0.2) is 0 Å². The van der Waals surface area contributed by atoms with Gasteiger partial charge in [-0.3, -0.25) is 4.98 Å². The molecule has 1 aromatic heterocycles. The molecule has 2 heterocycles. The van der Waals surface area contributed by atoms with E-state index in [2.05, 4.69) is 39.5 Å². The van der Waals surface area contributed by atoms with Crippen LogP contribution in [0.25, 0.3) is 0 Å². The number of nitrogens with zero attached hydrogens (tertiary/aromatic N) is 2. The Morgan fingerprint density at radius 3 is 2.85 bits per heavy atom. The Labute approximate surface area is 124 Å². The molecule has 3 nitrogen and oxygen atoms in total. The normalized spacial score (nSPS) is 13.7. The van der Waals surface area contributed by atoms with E-state index >= 15 is 0 Å². The first-order valence-electron chi connectivity index (χ1n) is 6.81. The molecule has 0 saturated carbocycles. The van der Waals surface area contributed by atoms with E-state index in [0.29, 0.717) is 0 Å². The molecule has 1 aliphatic rings. The van der Waals surface area contributed by atoms with E-state index in [0.717, 1.165) is 36.7 Å². The molecule has 3 rings (SSSR count). The lowest BCUT2D eigenvalue weighted by Crippen LogP contribution is -2.42. The van der Waals surface area contributed by atoms with Crippen LogP contribution in [0.1, 0.15) is 16.7 Å². The van der Waals surface area contributed by atoms with Crippen molar-refractivity contribution < 1.29 is 0 Å². The Morgan fingerprint density at radius 2 is 2.05 bits per heavy atom. The standard InChI is InChI=1S/C16H17N3S/c20-16(18-11-13-4-3-8-17-10-13)19-9-7-14-5-1-2-6-15(14)12-19/h1-6,8,10H,7,9,11-12H2,(H,18,20). The third-order valence-corrected chi connectivity index (χ3v) is 3.99. The molecule has 1 aromatic carbocycles. The van der Waals surface area contributed by atoms with Crippen molar-refractivity contribution >= 4 is 17.3 Å². The number of aromatic nitrogens is 1. The third-order valence-electron chi connectivity index (χ3n) is 3.58. The Morgan fingerprint density at radius 1 is 1.20 bits per heavy atom. The van der Waals surface area contributed by atoms with Crippen LogP contribution in [-0.4, -0.2) is 21.5 Å². The van der Waals surface area contributed by atoms with Crippen LogP contribution in [0.3, 0.4) is 0 Å². The number of hydrogen-bond acceptors (Lipinski definition) is 2. The Bertz CT molecular complexity index is 598. The zero-order chi connectivity index (χ0) is 13.8. The minimum absolute atomic E-state index is 0.727. The minimum Gasteiger partial charge on any atom is -0.358 e. The third kappa shape index (κ3) is 2.96. The van der Waals surface area contributed by atoms with Crippen LogP contribution in [0, 0.1) is 0 Å². The highest BCUT2D eigenvalue weighted by Gasteiger charge is 2.17. The molecule has 0 unspecified atom stereocenters. The zero-order valence-electron chi connectivity index (χ0n) is 11.2. The fourth-order valence-electron chi connectivity index (χ4n) is 2.46. The highest BCUT2D eigenvalue weighted by molar-refractivity contribution is 7.80. The summed E-state index contributed by atoms with van der Waals surface area (Å²) in [4.78, 5) is 6.34. The summed E-state index contributed by atoms with van der Waals surface area (Å²) in [6, 6.07) is 12.6. The summed E-state index contributed by atoms with van der Waals surface area (Å²) >= 11 is 5.50. The van der Waals surface area contributed by atoms with Crippen LogP contribution in [0.5, 0.6) is 0 Å². The van der Waals surface area contributed by atoms with Gasteiger partial charge in [-0.2, -0.15) is 0 Å². The SMILES string of the molecule is S=C(NCc1cccnc1)N1CCc2ccccc2C1. The van der Waals surface area contributed by atoms with Gasteiger partial charge in [0.15, 0.2) is 5.11 Å². The van der Waals surface area contributed by atoms with Crippen molar-refractivity contribution in [3.63, 3.8) is 0 Å². The maximum Gasteiger partial charge on any atom is 0.169 e. The molecule has 0 spiro atoms. The van der Waals surface area contributed by atoms with E-state index < -0.39 is 0 Å². The number of benzene rings is 1. The van der Waals surface area contributed by atoms with Gasteiger partial charge in [0.2, 0.25) is 0 Å². The average Bonchev–Trinajstić information content (AvgIpc) is 2.53. The fourth-order valence-corrected chi connectivity index (χ4v) is 2.69. The molecule has 0 amide bonds. The average molecular weight is 283 g/mol. The van der Waals surface area contributed by atoms with Crippen LogP contribution >= 0.6 is 12.2 Å². The predicted molar refractivity (Wildman–Crippen MR) is 84.2 cm³/mol. The quantitative estimate of drug-likeness (QED) is 0.857. The molecule has 0 bridgehead atoms. The fraction of sp³-hybridized carbons (Fsp3) is 0.250. The van der Waals surface area contributed by atoms with Crippen molar-refractivity contribution in [2.24, 2.45) is 0 Å². The van der Waals surface area contributed by atoms with Gasteiger partial charge in [0.25, 0.3) is 0 Å². The molecule has 102 valence electrons. The Hall–Kier alpha value is -1.94. The smallest absolute Gasteiger partial charge is 0.169 e. The first kappa shape index (κ1) is 13.1. The molecule has 1 N–H and O–H groups in total. The number of rotatable bonds is 2. The van der Waals surface area contributed by atoms with E-state index in [1.165, 1.54) is 11.1 Å². The van der Waals surface area contributed by atoms with Crippen molar-refractivity contribution in [3.8, 4) is 0 Å². The second-order valence-electron chi connectivity index (χ2n) is 4.96. The minimum atomic E-state index is 0.727. The van der Waals surface area contributed by atoms with Crippen molar-refractivity contribution in [1.29, 1.82) is 0 Å². The van der Waals surface area contributed by atoms with Crippen molar-refractivity contribution in [1.82, 2.24) is 15.2 Å². The molecular weight excluding hydrogens is 266 g/mol. The molecule has 0 saturated heterocycles. The molecule has 2 aromatic rings. The molecule has 0 aliphatic carbocycles. The predicted octanol–water partition coefficient (Wildman–Crippen LogP) is 2.51. The maximum atomic E-state index is 5.50. The number of fused-ring (bicyclic) bond motifs is 1. The summed E-state index contributed by atoms with van der Waals surface area (Å²) in [5.74, 6) is 0. The Kier molecular flexibility index (Phi) is 3.92. The van der Waals surface area contributed by atoms with Crippen molar-refractivity contribution in [2.75, 3.05) is 6.54 Å². The topological polar surface area (TPSA) is 28.2 Å². The second-order valence-corrected chi connectivity index (χ2v) is 5.35. The number of hydrogen-bond donors (Lipinski definition) is 1. The maximum absolute atomic E-state index is 5.50. The second kappa shape index (κ2) is 6.01. The van der Waals surface area contributed by atoms with Crippen LogP contribution in [0.15, 0.2) is 48.8 Å². The highest BCUT2D eigenvalue weighted by Crippen LogP contribution is 2.18.